The lowest BCUT2D eigenvalue weighted by Crippen LogP contribution is -2.45. The summed E-state index contributed by atoms with van der Waals surface area (Å²) >= 11 is 0. The van der Waals surface area contributed by atoms with Gasteiger partial charge in [-0.05, 0) is 36.5 Å². The summed E-state index contributed by atoms with van der Waals surface area (Å²) in [5.74, 6) is 0.832. The third kappa shape index (κ3) is 3.72. The Morgan fingerprint density at radius 3 is 2.65 bits per heavy atom. The third-order valence-corrected chi connectivity index (χ3v) is 6.30. The second-order valence-electron chi connectivity index (χ2n) is 8.54. The Balaban J connectivity index is 1.36. The maximum Gasteiger partial charge on any atom is 0.316 e. The minimum atomic E-state index is -0.0933. The zero-order valence-electron chi connectivity index (χ0n) is 17.7. The summed E-state index contributed by atoms with van der Waals surface area (Å²) in [6.07, 6.45) is 6.99. The van der Waals surface area contributed by atoms with Crippen molar-refractivity contribution in [3.05, 3.63) is 52.2 Å². The van der Waals surface area contributed by atoms with Crippen molar-refractivity contribution in [2.24, 2.45) is 13.0 Å². The van der Waals surface area contributed by atoms with Gasteiger partial charge in [0.05, 0.1) is 11.2 Å². The summed E-state index contributed by atoms with van der Waals surface area (Å²) in [6, 6.07) is 7.56. The molecule has 2 aliphatic rings. The van der Waals surface area contributed by atoms with Crippen LogP contribution in [0.4, 0.5) is 5.69 Å². The lowest BCUT2D eigenvalue weighted by molar-refractivity contribution is 0.110. The second-order valence-corrected chi connectivity index (χ2v) is 8.54. The number of hydrogen-bond acceptors (Lipinski definition) is 7. The first-order chi connectivity index (χ1) is 15.0. The lowest BCUT2D eigenvalue weighted by atomic mass is 9.96. The average molecular weight is 416 g/mol. The fourth-order valence-corrected chi connectivity index (χ4v) is 4.28. The van der Waals surface area contributed by atoms with Crippen LogP contribution in [0.1, 0.15) is 43.4 Å². The van der Waals surface area contributed by atoms with Crippen molar-refractivity contribution in [2.75, 3.05) is 18.0 Å². The molecular weight excluding hydrogens is 392 g/mol. The molecule has 2 atom stereocenters. The van der Waals surface area contributed by atoms with Gasteiger partial charge in [0.2, 0.25) is 0 Å². The number of aromatic nitrogens is 4. The number of nitriles is 1. The first-order valence-corrected chi connectivity index (χ1v) is 10.7. The van der Waals surface area contributed by atoms with E-state index in [2.05, 4.69) is 32.8 Å². The fourth-order valence-electron chi connectivity index (χ4n) is 4.28. The van der Waals surface area contributed by atoms with Crippen LogP contribution in [-0.4, -0.2) is 38.7 Å². The molecule has 0 bridgehead atoms. The zero-order chi connectivity index (χ0) is 21.5. The minimum absolute atomic E-state index is 0.00321. The van der Waals surface area contributed by atoms with Crippen LogP contribution in [0.2, 0.25) is 0 Å². The number of nitrogens with zero attached hydrogens (tertiary/aromatic N) is 6. The number of hydrogen-bond donors (Lipinski definition) is 0. The van der Waals surface area contributed by atoms with Crippen LogP contribution < -0.4 is 15.2 Å². The van der Waals surface area contributed by atoms with Gasteiger partial charge >= 0.3 is 6.01 Å². The van der Waals surface area contributed by atoms with Gasteiger partial charge in [-0.1, -0.05) is 6.92 Å². The maximum atomic E-state index is 12.5. The van der Waals surface area contributed by atoms with Gasteiger partial charge in [-0.3, -0.25) is 4.79 Å². The van der Waals surface area contributed by atoms with E-state index >= 15 is 0 Å². The molecule has 1 aliphatic carbocycles. The molecular formula is C23H24N6O2. The molecule has 5 rings (SSSR count). The van der Waals surface area contributed by atoms with Crippen molar-refractivity contribution < 1.29 is 4.74 Å². The van der Waals surface area contributed by atoms with E-state index in [1.807, 2.05) is 12.4 Å². The van der Waals surface area contributed by atoms with Crippen LogP contribution in [0.5, 0.6) is 6.01 Å². The molecule has 0 spiro atoms. The number of ether oxygens (including phenoxy) is 1. The highest BCUT2D eigenvalue weighted by Crippen LogP contribution is 2.39. The van der Waals surface area contributed by atoms with Crippen molar-refractivity contribution in [3.63, 3.8) is 0 Å². The molecule has 1 aliphatic heterocycles. The molecule has 8 heteroatoms. The summed E-state index contributed by atoms with van der Waals surface area (Å²) in [5.41, 5.74) is 3.60. The van der Waals surface area contributed by atoms with E-state index < -0.39 is 0 Å². The van der Waals surface area contributed by atoms with Gasteiger partial charge in [0.1, 0.15) is 23.4 Å². The molecule has 1 saturated heterocycles. The lowest BCUT2D eigenvalue weighted by Gasteiger charge is -2.38. The van der Waals surface area contributed by atoms with Crippen molar-refractivity contribution in [1.29, 1.82) is 5.26 Å². The average Bonchev–Trinajstić information content (AvgIpc) is 3.63. The standard InChI is InChI=1S/C23H24N6O2/c1-14-13-29(8-7-20(14)31-23-25-11-16(12-26-23)15-3-4-15)19-9-21(30)28(2)18-6-5-17(10-24)27-22(18)19/h5-6,9,11-12,14-15,20H,3-4,7-8,13H2,1-2H3/t14-,20+/m1/s1. The molecule has 0 radical (unpaired) electrons. The van der Waals surface area contributed by atoms with Gasteiger partial charge in [0.15, 0.2) is 0 Å². The van der Waals surface area contributed by atoms with Crippen molar-refractivity contribution in [3.8, 4) is 12.1 Å². The third-order valence-electron chi connectivity index (χ3n) is 6.30. The fraction of sp³-hybridized carbons (Fsp3) is 0.435. The van der Waals surface area contributed by atoms with E-state index in [0.29, 0.717) is 29.7 Å². The molecule has 2 fully saturated rings. The van der Waals surface area contributed by atoms with Crippen molar-refractivity contribution >= 4 is 16.7 Å². The highest BCUT2D eigenvalue weighted by atomic mass is 16.5. The van der Waals surface area contributed by atoms with Crippen LogP contribution >= 0.6 is 0 Å². The van der Waals surface area contributed by atoms with E-state index in [0.717, 1.165) is 24.2 Å². The Bertz CT molecular complexity index is 1230. The van der Waals surface area contributed by atoms with E-state index in [-0.39, 0.29) is 17.6 Å². The Hall–Kier alpha value is -3.47. The van der Waals surface area contributed by atoms with Crippen LogP contribution in [-0.2, 0) is 7.05 Å². The first kappa shape index (κ1) is 19.5. The van der Waals surface area contributed by atoms with Crippen LogP contribution in [0.25, 0.3) is 11.0 Å². The van der Waals surface area contributed by atoms with Crippen molar-refractivity contribution in [1.82, 2.24) is 19.5 Å². The minimum Gasteiger partial charge on any atom is -0.460 e. The van der Waals surface area contributed by atoms with E-state index in [1.54, 1.807) is 29.8 Å². The van der Waals surface area contributed by atoms with Gasteiger partial charge in [0.25, 0.3) is 5.56 Å². The summed E-state index contributed by atoms with van der Waals surface area (Å²) in [4.78, 5) is 28.0. The number of rotatable bonds is 4. The van der Waals surface area contributed by atoms with Crippen LogP contribution in [0, 0.1) is 17.2 Å². The molecule has 3 aromatic heterocycles. The number of fused-ring (bicyclic) bond motifs is 1. The van der Waals surface area contributed by atoms with E-state index in [1.165, 1.54) is 18.4 Å². The summed E-state index contributed by atoms with van der Waals surface area (Å²) in [7, 11) is 1.72. The van der Waals surface area contributed by atoms with E-state index in [9.17, 15) is 10.1 Å². The van der Waals surface area contributed by atoms with Crippen molar-refractivity contribution in [2.45, 2.75) is 38.2 Å². The molecule has 3 aromatic rings. The molecule has 31 heavy (non-hydrogen) atoms. The molecule has 0 aromatic carbocycles. The highest BCUT2D eigenvalue weighted by Gasteiger charge is 2.30. The van der Waals surface area contributed by atoms with Gasteiger partial charge in [-0.2, -0.15) is 5.26 Å². The highest BCUT2D eigenvalue weighted by molar-refractivity contribution is 5.88. The summed E-state index contributed by atoms with van der Waals surface area (Å²) in [5, 5.41) is 9.27. The van der Waals surface area contributed by atoms with E-state index in [4.69, 9.17) is 4.74 Å². The topological polar surface area (TPSA) is 96.9 Å². The van der Waals surface area contributed by atoms with Gasteiger partial charge < -0.3 is 14.2 Å². The predicted octanol–water partition coefficient (Wildman–Crippen LogP) is 2.77. The largest absolute Gasteiger partial charge is 0.460 e. The molecule has 8 nitrogen and oxygen atoms in total. The molecule has 0 amide bonds. The Labute approximate surface area is 180 Å². The smallest absolute Gasteiger partial charge is 0.316 e. The second kappa shape index (κ2) is 7.65. The number of piperidine rings is 1. The SMILES string of the molecule is C[C@@H]1CN(c2cc(=O)n(C)c3ccc(C#N)nc23)CC[C@@H]1Oc1ncc(C2CC2)cn1. The molecule has 158 valence electrons. The maximum absolute atomic E-state index is 12.5. The predicted molar refractivity (Wildman–Crippen MR) is 116 cm³/mol. The molecule has 1 saturated carbocycles. The Morgan fingerprint density at radius 2 is 1.97 bits per heavy atom. The van der Waals surface area contributed by atoms with Crippen LogP contribution in [0.3, 0.4) is 0 Å². The quantitative estimate of drug-likeness (QED) is 0.645. The normalized spacial score (nSPS) is 21.1. The van der Waals surface area contributed by atoms with Gasteiger partial charge in [-0.15, -0.1) is 0 Å². The monoisotopic (exact) mass is 416 g/mol. The van der Waals surface area contributed by atoms with Gasteiger partial charge in [0, 0.05) is 50.9 Å². The number of pyridine rings is 2. The summed E-state index contributed by atoms with van der Waals surface area (Å²) < 4.78 is 7.66. The van der Waals surface area contributed by atoms with Gasteiger partial charge in [-0.25, -0.2) is 15.0 Å². The zero-order valence-corrected chi connectivity index (χ0v) is 17.7. The first-order valence-electron chi connectivity index (χ1n) is 10.7. The number of anilines is 1. The van der Waals surface area contributed by atoms with Crippen LogP contribution in [0.15, 0.2) is 35.4 Å². The Morgan fingerprint density at radius 1 is 1.19 bits per heavy atom. The molecule has 0 unspecified atom stereocenters. The molecule has 4 heterocycles. The summed E-state index contributed by atoms with van der Waals surface area (Å²) in [6.45, 7) is 3.56. The molecule has 0 N–H and O–H groups in total. The Kier molecular flexibility index (Phi) is 4.81. The number of aryl methyl sites for hydroxylation is 1.